The highest BCUT2D eigenvalue weighted by molar-refractivity contribution is 5.88. The third-order valence-electron chi connectivity index (χ3n) is 5.02. The van der Waals surface area contributed by atoms with E-state index in [0.717, 1.165) is 17.5 Å². The van der Waals surface area contributed by atoms with Gasteiger partial charge in [-0.3, -0.25) is 4.79 Å². The molecule has 0 unspecified atom stereocenters. The number of hydrogen-bond acceptors (Lipinski definition) is 6. The van der Waals surface area contributed by atoms with Crippen molar-refractivity contribution in [2.24, 2.45) is 0 Å². The van der Waals surface area contributed by atoms with Gasteiger partial charge in [-0.25, -0.2) is 15.0 Å². The van der Waals surface area contributed by atoms with Crippen LogP contribution in [-0.2, 0) is 0 Å². The van der Waals surface area contributed by atoms with Crippen molar-refractivity contribution in [3.8, 4) is 17.5 Å². The molecule has 0 bridgehead atoms. The zero-order valence-corrected chi connectivity index (χ0v) is 15.8. The SMILES string of the molecule is Cc1c2cnn(-c3ncccn3)c(=O)c2c(C)n1-c1ccnc(OC2CC2)c1F. The first kappa shape index (κ1) is 17.5. The van der Waals surface area contributed by atoms with Crippen LogP contribution in [0.15, 0.2) is 41.7 Å². The maximum Gasteiger partial charge on any atom is 0.283 e. The van der Waals surface area contributed by atoms with E-state index in [9.17, 15) is 4.79 Å². The third-order valence-corrected chi connectivity index (χ3v) is 5.02. The Morgan fingerprint density at radius 3 is 2.59 bits per heavy atom. The average molecular weight is 392 g/mol. The fourth-order valence-corrected chi connectivity index (χ4v) is 3.48. The molecule has 1 aliphatic carbocycles. The summed E-state index contributed by atoms with van der Waals surface area (Å²) in [6, 6.07) is 3.23. The lowest BCUT2D eigenvalue weighted by molar-refractivity contribution is 0.274. The molecule has 0 aliphatic heterocycles. The molecule has 146 valence electrons. The molecule has 0 amide bonds. The summed E-state index contributed by atoms with van der Waals surface area (Å²) in [6.45, 7) is 3.59. The molecule has 5 rings (SSSR count). The molecule has 0 atom stereocenters. The van der Waals surface area contributed by atoms with E-state index in [1.807, 2.05) is 6.92 Å². The quantitative estimate of drug-likeness (QED) is 0.531. The summed E-state index contributed by atoms with van der Waals surface area (Å²) in [4.78, 5) is 25.3. The van der Waals surface area contributed by atoms with Crippen LogP contribution in [0.2, 0.25) is 0 Å². The Kier molecular flexibility index (Phi) is 3.90. The molecular formula is C20H17FN6O2. The first-order chi connectivity index (χ1) is 14.1. The van der Waals surface area contributed by atoms with Crippen LogP contribution in [0, 0.1) is 19.7 Å². The summed E-state index contributed by atoms with van der Waals surface area (Å²) in [5.74, 6) is -0.389. The molecule has 1 aliphatic rings. The summed E-state index contributed by atoms with van der Waals surface area (Å²) >= 11 is 0. The molecule has 0 saturated heterocycles. The standard InChI is InChI=1S/C20H17FN6O2/c1-11-14-10-25-27(20-23-7-3-8-24-20)19(28)16(14)12(2)26(11)15-6-9-22-18(17(15)21)29-13-4-5-13/h3,6-10,13H,4-5H2,1-2H3. The smallest absolute Gasteiger partial charge is 0.283 e. The van der Waals surface area contributed by atoms with E-state index < -0.39 is 5.82 Å². The Balaban J connectivity index is 1.72. The number of rotatable bonds is 4. The van der Waals surface area contributed by atoms with Gasteiger partial charge < -0.3 is 9.30 Å². The monoisotopic (exact) mass is 392 g/mol. The molecule has 4 aromatic heterocycles. The van der Waals surface area contributed by atoms with Crippen molar-refractivity contribution in [3.05, 3.63) is 64.5 Å². The van der Waals surface area contributed by atoms with Crippen molar-refractivity contribution in [2.75, 3.05) is 0 Å². The highest BCUT2D eigenvalue weighted by Crippen LogP contribution is 2.32. The Labute approximate surface area is 164 Å². The van der Waals surface area contributed by atoms with Gasteiger partial charge in [0.2, 0.25) is 5.82 Å². The minimum absolute atomic E-state index is 0.0187. The second kappa shape index (κ2) is 6.47. The van der Waals surface area contributed by atoms with Crippen molar-refractivity contribution in [1.82, 2.24) is 29.3 Å². The van der Waals surface area contributed by atoms with Crippen LogP contribution in [-0.4, -0.2) is 35.4 Å². The van der Waals surface area contributed by atoms with Gasteiger partial charge in [0, 0.05) is 35.4 Å². The predicted octanol–water partition coefficient (Wildman–Crippen LogP) is 2.66. The van der Waals surface area contributed by atoms with Crippen LogP contribution < -0.4 is 10.3 Å². The number of pyridine rings is 1. The van der Waals surface area contributed by atoms with E-state index in [-0.39, 0.29) is 29.2 Å². The van der Waals surface area contributed by atoms with Crippen molar-refractivity contribution < 1.29 is 9.13 Å². The van der Waals surface area contributed by atoms with Gasteiger partial charge in [-0.1, -0.05) is 0 Å². The molecule has 1 saturated carbocycles. The van der Waals surface area contributed by atoms with Crippen molar-refractivity contribution in [1.29, 1.82) is 0 Å². The van der Waals surface area contributed by atoms with Crippen molar-refractivity contribution in [3.63, 3.8) is 0 Å². The topological polar surface area (TPSA) is 87.7 Å². The van der Waals surface area contributed by atoms with Gasteiger partial charge in [0.05, 0.1) is 17.3 Å². The van der Waals surface area contributed by atoms with Gasteiger partial charge in [0.1, 0.15) is 6.10 Å². The second-order valence-electron chi connectivity index (χ2n) is 6.97. The molecule has 0 radical (unpaired) electrons. The average Bonchev–Trinajstić information content (AvgIpc) is 3.51. The Morgan fingerprint density at radius 2 is 1.86 bits per heavy atom. The lowest BCUT2D eigenvalue weighted by atomic mass is 10.2. The lowest BCUT2D eigenvalue weighted by Crippen LogP contribution is -2.23. The van der Waals surface area contributed by atoms with E-state index in [1.54, 1.807) is 29.8 Å². The predicted molar refractivity (Wildman–Crippen MR) is 103 cm³/mol. The maximum absolute atomic E-state index is 15.2. The Hall–Kier alpha value is -3.62. The van der Waals surface area contributed by atoms with E-state index in [0.29, 0.717) is 22.2 Å². The van der Waals surface area contributed by atoms with Gasteiger partial charge in [-0.05, 0) is 38.8 Å². The molecule has 1 fully saturated rings. The number of aryl methyl sites for hydroxylation is 2. The van der Waals surface area contributed by atoms with Crippen LogP contribution in [0.5, 0.6) is 5.88 Å². The summed E-state index contributed by atoms with van der Waals surface area (Å²) in [6.07, 6.45) is 8.00. The highest BCUT2D eigenvalue weighted by atomic mass is 19.1. The summed E-state index contributed by atoms with van der Waals surface area (Å²) < 4.78 is 23.6. The van der Waals surface area contributed by atoms with Crippen molar-refractivity contribution >= 4 is 10.8 Å². The number of ether oxygens (including phenoxy) is 1. The summed E-state index contributed by atoms with van der Waals surface area (Å²) in [5, 5.41) is 5.28. The molecule has 29 heavy (non-hydrogen) atoms. The molecular weight excluding hydrogens is 375 g/mol. The van der Waals surface area contributed by atoms with E-state index >= 15 is 4.39 Å². The van der Waals surface area contributed by atoms with Crippen molar-refractivity contribution in [2.45, 2.75) is 32.8 Å². The van der Waals surface area contributed by atoms with E-state index in [2.05, 4.69) is 20.1 Å². The van der Waals surface area contributed by atoms with Crippen LogP contribution >= 0.6 is 0 Å². The number of aromatic nitrogens is 6. The van der Waals surface area contributed by atoms with Crippen LogP contribution in [0.3, 0.4) is 0 Å². The van der Waals surface area contributed by atoms with Crippen LogP contribution in [0.1, 0.15) is 24.2 Å². The molecule has 8 nitrogen and oxygen atoms in total. The molecule has 4 heterocycles. The first-order valence-corrected chi connectivity index (χ1v) is 9.25. The summed E-state index contributed by atoms with van der Waals surface area (Å²) in [7, 11) is 0. The van der Waals surface area contributed by atoms with Gasteiger partial charge in [0.25, 0.3) is 17.4 Å². The largest absolute Gasteiger partial charge is 0.472 e. The van der Waals surface area contributed by atoms with Gasteiger partial charge in [0.15, 0.2) is 0 Å². The molecule has 4 aromatic rings. The van der Waals surface area contributed by atoms with E-state index in [1.165, 1.54) is 18.6 Å². The number of halogens is 1. The number of hydrogen-bond donors (Lipinski definition) is 0. The first-order valence-electron chi connectivity index (χ1n) is 9.25. The molecule has 0 N–H and O–H groups in total. The van der Waals surface area contributed by atoms with Gasteiger partial charge >= 0.3 is 0 Å². The Bertz CT molecular complexity index is 1290. The summed E-state index contributed by atoms with van der Waals surface area (Å²) in [5.41, 5.74) is 1.21. The Morgan fingerprint density at radius 1 is 1.10 bits per heavy atom. The maximum atomic E-state index is 15.2. The fourth-order valence-electron chi connectivity index (χ4n) is 3.48. The van der Waals surface area contributed by atoms with Gasteiger partial charge in [-0.2, -0.15) is 14.2 Å². The number of nitrogens with zero attached hydrogens (tertiary/aromatic N) is 6. The molecule has 0 spiro atoms. The van der Waals surface area contributed by atoms with Gasteiger partial charge in [-0.15, -0.1) is 0 Å². The highest BCUT2D eigenvalue weighted by Gasteiger charge is 2.27. The molecule has 0 aromatic carbocycles. The molecule has 9 heteroatoms. The van der Waals surface area contributed by atoms with Crippen LogP contribution in [0.25, 0.3) is 22.4 Å². The number of fused-ring (bicyclic) bond motifs is 1. The zero-order valence-electron chi connectivity index (χ0n) is 15.8. The van der Waals surface area contributed by atoms with Crippen LogP contribution in [0.4, 0.5) is 4.39 Å². The normalized spacial score (nSPS) is 13.8. The minimum Gasteiger partial charge on any atom is -0.472 e. The third kappa shape index (κ3) is 2.77. The second-order valence-corrected chi connectivity index (χ2v) is 6.97. The zero-order chi connectivity index (χ0) is 20.1. The fraction of sp³-hybridized carbons (Fsp3) is 0.250. The lowest BCUT2D eigenvalue weighted by Gasteiger charge is -2.12. The van der Waals surface area contributed by atoms with E-state index in [4.69, 9.17) is 4.74 Å². The minimum atomic E-state index is -0.550.